The Morgan fingerprint density at radius 2 is 1.68 bits per heavy atom. The van der Waals surface area contributed by atoms with E-state index in [1.165, 1.54) is 32.1 Å². The van der Waals surface area contributed by atoms with Gasteiger partial charge in [-0.15, -0.1) is 0 Å². The molecule has 0 spiro atoms. The largest absolute Gasteiger partial charge is 0.497 e. The summed E-state index contributed by atoms with van der Waals surface area (Å²) in [5, 5.41) is 0. The molecule has 5 heteroatoms. The molecule has 0 radical (unpaired) electrons. The number of allylic oxidation sites excluding steroid dienone is 1. The Labute approximate surface area is 187 Å². The zero-order valence-corrected chi connectivity index (χ0v) is 19.9. The third-order valence-electron chi connectivity index (χ3n) is 5.48. The Balaban J connectivity index is 2.12. The van der Waals surface area contributed by atoms with Gasteiger partial charge in [-0.3, -0.25) is 9.69 Å². The highest BCUT2D eigenvalue weighted by atomic mass is 16.6. The van der Waals surface area contributed by atoms with Crippen molar-refractivity contribution >= 4 is 18.0 Å². The molecule has 0 unspecified atom stereocenters. The van der Waals surface area contributed by atoms with Crippen molar-refractivity contribution < 1.29 is 19.1 Å². The number of carbonyl (C=O) groups excluding carboxylic acids is 2. The summed E-state index contributed by atoms with van der Waals surface area (Å²) in [5.41, 5.74) is 0.666. The van der Waals surface area contributed by atoms with Crippen molar-refractivity contribution in [2.45, 2.75) is 97.1 Å². The van der Waals surface area contributed by atoms with Gasteiger partial charge in [0.15, 0.2) is 5.78 Å². The van der Waals surface area contributed by atoms with E-state index in [2.05, 4.69) is 6.92 Å². The van der Waals surface area contributed by atoms with E-state index in [4.69, 9.17) is 9.47 Å². The second-order valence-electron chi connectivity index (χ2n) is 9.34. The van der Waals surface area contributed by atoms with Gasteiger partial charge in [0.2, 0.25) is 0 Å². The van der Waals surface area contributed by atoms with Gasteiger partial charge in [-0.05, 0) is 51.0 Å². The fourth-order valence-corrected chi connectivity index (χ4v) is 3.88. The summed E-state index contributed by atoms with van der Waals surface area (Å²) in [5.74, 6) is 0.746. The van der Waals surface area contributed by atoms with Gasteiger partial charge in [-0.25, -0.2) is 4.79 Å². The molecule has 1 saturated heterocycles. The van der Waals surface area contributed by atoms with Gasteiger partial charge in [-0.1, -0.05) is 64.0 Å². The van der Waals surface area contributed by atoms with E-state index in [0.29, 0.717) is 12.1 Å². The van der Waals surface area contributed by atoms with Crippen LogP contribution in [0.5, 0.6) is 5.75 Å². The molecule has 2 rings (SSSR count). The quantitative estimate of drug-likeness (QED) is 0.305. The van der Waals surface area contributed by atoms with E-state index in [-0.39, 0.29) is 11.8 Å². The van der Waals surface area contributed by atoms with E-state index in [0.717, 1.165) is 30.6 Å². The molecule has 1 amide bonds. The summed E-state index contributed by atoms with van der Waals surface area (Å²) in [6.45, 7) is 7.77. The third-order valence-corrected chi connectivity index (χ3v) is 5.48. The maximum Gasteiger partial charge on any atom is 0.415 e. The van der Waals surface area contributed by atoms with Crippen LogP contribution in [0.15, 0.2) is 30.0 Å². The number of likely N-dealkylation sites (tertiary alicyclic amines) is 1. The predicted molar refractivity (Wildman–Crippen MR) is 125 cm³/mol. The molecule has 0 bridgehead atoms. The number of Topliss-reactive ketones (excluding diaryl/α,β-unsaturated/α-hetero) is 1. The van der Waals surface area contributed by atoms with Gasteiger partial charge in [-0.2, -0.15) is 0 Å². The summed E-state index contributed by atoms with van der Waals surface area (Å²) in [4.78, 5) is 27.5. The number of rotatable bonds is 10. The van der Waals surface area contributed by atoms with Crippen molar-refractivity contribution in [1.82, 2.24) is 4.90 Å². The number of benzene rings is 1. The highest BCUT2D eigenvalue weighted by Crippen LogP contribution is 2.32. The molecule has 1 atom stereocenters. The lowest BCUT2D eigenvalue weighted by Crippen LogP contribution is -2.39. The fraction of sp³-hybridized carbons (Fsp3) is 0.615. The number of nitrogens with zero attached hydrogens (tertiary/aromatic N) is 1. The SMILES string of the molecule is CCCCCCCCC[C@@H]1CC(=O)/C(=C\c2ccc(OC)cc2)N1C(=O)OC(C)(C)C. The second kappa shape index (κ2) is 11.9. The van der Waals surface area contributed by atoms with Crippen LogP contribution >= 0.6 is 0 Å². The molecular formula is C26H39NO4. The van der Waals surface area contributed by atoms with Crippen LogP contribution < -0.4 is 4.74 Å². The van der Waals surface area contributed by atoms with Gasteiger partial charge < -0.3 is 9.47 Å². The number of hydrogen-bond acceptors (Lipinski definition) is 4. The normalized spacial score (nSPS) is 18.0. The lowest BCUT2D eigenvalue weighted by atomic mass is 10.0. The molecule has 5 nitrogen and oxygen atoms in total. The van der Waals surface area contributed by atoms with Gasteiger partial charge in [0.25, 0.3) is 0 Å². The molecule has 1 aromatic carbocycles. The lowest BCUT2D eigenvalue weighted by Gasteiger charge is -2.29. The molecule has 1 heterocycles. The van der Waals surface area contributed by atoms with E-state index in [1.54, 1.807) is 18.1 Å². The minimum absolute atomic E-state index is 0.00498. The molecule has 31 heavy (non-hydrogen) atoms. The van der Waals surface area contributed by atoms with Crippen molar-refractivity contribution in [1.29, 1.82) is 0 Å². The monoisotopic (exact) mass is 429 g/mol. The Bertz CT molecular complexity index is 746. The Morgan fingerprint density at radius 1 is 1.06 bits per heavy atom. The number of carbonyl (C=O) groups is 2. The van der Waals surface area contributed by atoms with Crippen LogP contribution in [0.3, 0.4) is 0 Å². The van der Waals surface area contributed by atoms with Gasteiger partial charge in [0.1, 0.15) is 11.4 Å². The van der Waals surface area contributed by atoms with E-state index in [9.17, 15) is 9.59 Å². The number of hydrogen-bond donors (Lipinski definition) is 0. The predicted octanol–water partition coefficient (Wildman–Crippen LogP) is 6.76. The molecule has 1 fully saturated rings. The number of amides is 1. The van der Waals surface area contributed by atoms with Crippen molar-refractivity contribution in [3.8, 4) is 5.75 Å². The van der Waals surface area contributed by atoms with E-state index in [1.807, 2.05) is 45.0 Å². The first-order valence-electron chi connectivity index (χ1n) is 11.7. The first-order valence-corrected chi connectivity index (χ1v) is 11.7. The molecule has 0 aliphatic carbocycles. The fourth-order valence-electron chi connectivity index (χ4n) is 3.88. The van der Waals surface area contributed by atoms with E-state index >= 15 is 0 Å². The minimum atomic E-state index is -0.613. The smallest absolute Gasteiger partial charge is 0.415 e. The highest BCUT2D eigenvalue weighted by molar-refractivity contribution is 6.05. The highest BCUT2D eigenvalue weighted by Gasteiger charge is 2.40. The van der Waals surface area contributed by atoms with Crippen molar-refractivity contribution in [3.05, 3.63) is 35.5 Å². The number of ether oxygens (including phenoxy) is 2. The summed E-state index contributed by atoms with van der Waals surface area (Å²) in [7, 11) is 1.62. The van der Waals surface area contributed by atoms with Crippen LogP contribution in [0.2, 0.25) is 0 Å². The maximum absolute atomic E-state index is 13.0. The lowest BCUT2D eigenvalue weighted by molar-refractivity contribution is -0.114. The van der Waals surface area contributed by atoms with Crippen LogP contribution in [0.1, 0.15) is 91.0 Å². The van der Waals surface area contributed by atoms with Gasteiger partial charge in [0.05, 0.1) is 12.8 Å². The summed E-state index contributed by atoms with van der Waals surface area (Å²) in [6.07, 6.45) is 11.0. The first kappa shape index (κ1) is 25.0. The van der Waals surface area contributed by atoms with Crippen LogP contribution in [-0.2, 0) is 9.53 Å². The Hall–Kier alpha value is -2.30. The van der Waals surface area contributed by atoms with Crippen molar-refractivity contribution in [2.75, 3.05) is 7.11 Å². The van der Waals surface area contributed by atoms with Gasteiger partial charge in [0, 0.05) is 12.5 Å². The van der Waals surface area contributed by atoms with Crippen LogP contribution in [-0.4, -0.2) is 35.5 Å². The van der Waals surface area contributed by atoms with Crippen LogP contribution in [0.4, 0.5) is 4.79 Å². The van der Waals surface area contributed by atoms with Crippen LogP contribution in [0, 0.1) is 0 Å². The average Bonchev–Trinajstić information content (AvgIpc) is 3.02. The zero-order chi connectivity index (χ0) is 22.9. The molecule has 1 aliphatic rings. The summed E-state index contributed by atoms with van der Waals surface area (Å²) in [6, 6.07) is 7.33. The molecule has 1 aromatic rings. The first-order chi connectivity index (χ1) is 14.7. The zero-order valence-electron chi connectivity index (χ0n) is 19.9. The summed E-state index contributed by atoms with van der Waals surface area (Å²) < 4.78 is 10.9. The second-order valence-corrected chi connectivity index (χ2v) is 9.34. The van der Waals surface area contributed by atoms with E-state index < -0.39 is 11.7 Å². The average molecular weight is 430 g/mol. The number of unbranched alkanes of at least 4 members (excludes halogenated alkanes) is 6. The molecule has 0 N–H and O–H groups in total. The minimum Gasteiger partial charge on any atom is -0.497 e. The maximum atomic E-state index is 13.0. The molecule has 0 saturated carbocycles. The number of methoxy groups -OCH3 is 1. The van der Waals surface area contributed by atoms with Crippen molar-refractivity contribution in [3.63, 3.8) is 0 Å². The Morgan fingerprint density at radius 3 is 2.26 bits per heavy atom. The van der Waals surface area contributed by atoms with Gasteiger partial charge >= 0.3 is 6.09 Å². The molecule has 0 aromatic heterocycles. The standard InChI is InChI=1S/C26H39NO4/c1-6-7-8-9-10-11-12-13-21-19-24(28)23(27(21)25(29)31-26(2,3)4)18-20-14-16-22(30-5)17-15-20/h14-18,21H,6-13,19H2,1-5H3/b23-18+/t21-/m1/s1. The Kier molecular flexibility index (Phi) is 9.60. The summed E-state index contributed by atoms with van der Waals surface area (Å²) >= 11 is 0. The van der Waals surface area contributed by atoms with Crippen LogP contribution in [0.25, 0.3) is 6.08 Å². The third kappa shape index (κ3) is 8.04. The topological polar surface area (TPSA) is 55.8 Å². The number of ketones is 1. The molecule has 1 aliphatic heterocycles. The van der Waals surface area contributed by atoms with Crippen molar-refractivity contribution in [2.24, 2.45) is 0 Å². The molecular weight excluding hydrogens is 390 g/mol. The molecule has 172 valence electrons.